The predicted molar refractivity (Wildman–Crippen MR) is 101 cm³/mol. The standard InChI is InChI=1S/C20H18FNO3S/c21-17-7-2-8-18-16(17)11-19(26-18)20(23)22-13-4-1-5-14(10-13)25-12-15-6-3-9-24-15/h1-2,4-5,7-8,10-11,15H,3,6,9,12H2,(H,22,23). The third kappa shape index (κ3) is 3.71. The van der Waals surface area contributed by atoms with E-state index in [0.29, 0.717) is 28.3 Å². The number of nitrogens with one attached hydrogen (secondary N) is 1. The van der Waals surface area contributed by atoms with Crippen LogP contribution in [0.25, 0.3) is 10.1 Å². The Kier molecular flexibility index (Phi) is 4.86. The van der Waals surface area contributed by atoms with Gasteiger partial charge in [-0.05, 0) is 43.2 Å². The lowest BCUT2D eigenvalue weighted by Crippen LogP contribution is -2.16. The van der Waals surface area contributed by atoms with Gasteiger partial charge in [0, 0.05) is 28.4 Å². The Morgan fingerprint density at radius 1 is 1.27 bits per heavy atom. The van der Waals surface area contributed by atoms with Crippen molar-refractivity contribution in [3.05, 3.63) is 59.2 Å². The van der Waals surface area contributed by atoms with Crippen LogP contribution < -0.4 is 10.1 Å². The van der Waals surface area contributed by atoms with Crippen LogP contribution >= 0.6 is 11.3 Å². The van der Waals surface area contributed by atoms with Gasteiger partial charge in [-0.25, -0.2) is 4.39 Å². The number of amides is 1. The number of hydrogen-bond acceptors (Lipinski definition) is 4. The SMILES string of the molecule is O=C(Nc1cccc(OCC2CCCO2)c1)c1cc2c(F)cccc2s1. The molecule has 1 atom stereocenters. The molecule has 26 heavy (non-hydrogen) atoms. The summed E-state index contributed by atoms with van der Waals surface area (Å²) in [4.78, 5) is 13.0. The number of halogens is 1. The van der Waals surface area contributed by atoms with E-state index in [0.717, 1.165) is 24.1 Å². The first-order valence-corrected chi connectivity index (χ1v) is 9.34. The van der Waals surface area contributed by atoms with E-state index in [9.17, 15) is 9.18 Å². The largest absolute Gasteiger partial charge is 0.491 e. The van der Waals surface area contributed by atoms with Gasteiger partial charge in [-0.15, -0.1) is 11.3 Å². The van der Waals surface area contributed by atoms with Gasteiger partial charge in [-0.3, -0.25) is 4.79 Å². The van der Waals surface area contributed by atoms with Crippen molar-refractivity contribution < 1.29 is 18.7 Å². The average Bonchev–Trinajstić information content (AvgIpc) is 3.30. The monoisotopic (exact) mass is 371 g/mol. The summed E-state index contributed by atoms with van der Waals surface area (Å²) in [5, 5.41) is 3.31. The van der Waals surface area contributed by atoms with Crippen LogP contribution in [0.3, 0.4) is 0 Å². The molecule has 6 heteroatoms. The molecule has 1 amide bonds. The molecule has 0 bridgehead atoms. The quantitative estimate of drug-likeness (QED) is 0.697. The average molecular weight is 371 g/mol. The maximum atomic E-state index is 13.8. The number of anilines is 1. The Morgan fingerprint density at radius 3 is 2.96 bits per heavy atom. The molecule has 1 aromatic heterocycles. The maximum absolute atomic E-state index is 13.8. The van der Waals surface area contributed by atoms with Gasteiger partial charge in [-0.1, -0.05) is 12.1 Å². The molecule has 1 saturated heterocycles. The molecule has 2 aromatic carbocycles. The van der Waals surface area contributed by atoms with Crippen LogP contribution in [0, 0.1) is 5.82 Å². The van der Waals surface area contributed by atoms with Crippen LogP contribution in [0.15, 0.2) is 48.5 Å². The second kappa shape index (κ2) is 7.43. The van der Waals surface area contributed by atoms with Gasteiger partial charge >= 0.3 is 0 Å². The fourth-order valence-electron chi connectivity index (χ4n) is 2.96. The molecule has 0 saturated carbocycles. The van der Waals surface area contributed by atoms with E-state index in [1.807, 2.05) is 12.1 Å². The van der Waals surface area contributed by atoms with Crippen LogP contribution in [0.4, 0.5) is 10.1 Å². The minimum Gasteiger partial charge on any atom is -0.491 e. The van der Waals surface area contributed by atoms with E-state index >= 15 is 0 Å². The smallest absolute Gasteiger partial charge is 0.265 e. The minimum absolute atomic E-state index is 0.140. The van der Waals surface area contributed by atoms with Crippen molar-refractivity contribution in [1.82, 2.24) is 0 Å². The summed E-state index contributed by atoms with van der Waals surface area (Å²) in [6, 6.07) is 13.7. The van der Waals surface area contributed by atoms with E-state index in [-0.39, 0.29) is 17.8 Å². The first-order chi connectivity index (χ1) is 12.7. The molecule has 3 aromatic rings. The highest BCUT2D eigenvalue weighted by Crippen LogP contribution is 2.28. The number of carbonyl (C=O) groups excluding carboxylic acids is 1. The van der Waals surface area contributed by atoms with Gasteiger partial charge in [0.15, 0.2) is 0 Å². The molecule has 4 rings (SSSR count). The topological polar surface area (TPSA) is 47.6 Å². The number of ether oxygens (including phenoxy) is 2. The Morgan fingerprint density at radius 2 is 2.15 bits per heavy atom. The van der Waals surface area contributed by atoms with Crippen molar-refractivity contribution in [2.45, 2.75) is 18.9 Å². The van der Waals surface area contributed by atoms with Crippen LogP contribution in [0.2, 0.25) is 0 Å². The summed E-state index contributed by atoms with van der Waals surface area (Å²) < 4.78 is 25.9. The maximum Gasteiger partial charge on any atom is 0.265 e. The van der Waals surface area contributed by atoms with E-state index in [4.69, 9.17) is 9.47 Å². The first kappa shape index (κ1) is 17.0. The number of thiophene rings is 1. The second-order valence-corrected chi connectivity index (χ2v) is 7.27. The number of carbonyl (C=O) groups is 1. The molecule has 0 radical (unpaired) electrons. The summed E-state index contributed by atoms with van der Waals surface area (Å²) in [7, 11) is 0. The predicted octanol–water partition coefficient (Wildman–Crippen LogP) is 4.85. The van der Waals surface area contributed by atoms with Crippen molar-refractivity contribution >= 4 is 33.0 Å². The summed E-state index contributed by atoms with van der Waals surface area (Å²) in [6.45, 7) is 1.30. The number of hydrogen-bond donors (Lipinski definition) is 1. The van der Waals surface area contributed by atoms with Gasteiger partial charge in [0.05, 0.1) is 11.0 Å². The summed E-state index contributed by atoms with van der Waals surface area (Å²) in [5.74, 6) is 0.102. The van der Waals surface area contributed by atoms with Crippen molar-refractivity contribution in [3.63, 3.8) is 0 Å². The molecule has 1 N–H and O–H groups in total. The van der Waals surface area contributed by atoms with Crippen molar-refractivity contribution in [1.29, 1.82) is 0 Å². The van der Waals surface area contributed by atoms with Crippen molar-refractivity contribution in [2.75, 3.05) is 18.5 Å². The fourth-order valence-corrected chi connectivity index (χ4v) is 3.93. The van der Waals surface area contributed by atoms with Gasteiger partial charge in [0.2, 0.25) is 0 Å². The van der Waals surface area contributed by atoms with Crippen LogP contribution in [0.5, 0.6) is 5.75 Å². The van der Waals surface area contributed by atoms with Crippen LogP contribution in [0.1, 0.15) is 22.5 Å². The highest BCUT2D eigenvalue weighted by atomic mass is 32.1. The molecular weight excluding hydrogens is 353 g/mol. The third-order valence-electron chi connectivity index (χ3n) is 4.28. The molecule has 0 spiro atoms. The minimum atomic E-state index is -0.317. The number of benzene rings is 2. The molecule has 134 valence electrons. The fraction of sp³-hybridized carbons (Fsp3) is 0.250. The van der Waals surface area contributed by atoms with Gasteiger partial charge in [0.25, 0.3) is 5.91 Å². The summed E-state index contributed by atoms with van der Waals surface area (Å²) >= 11 is 1.27. The number of fused-ring (bicyclic) bond motifs is 1. The van der Waals surface area contributed by atoms with E-state index in [2.05, 4.69) is 5.32 Å². The van der Waals surface area contributed by atoms with Crippen LogP contribution in [-0.4, -0.2) is 25.2 Å². The Bertz CT molecular complexity index is 934. The molecule has 4 nitrogen and oxygen atoms in total. The molecule has 1 unspecified atom stereocenters. The van der Waals surface area contributed by atoms with Gasteiger partial charge in [-0.2, -0.15) is 0 Å². The molecule has 1 fully saturated rings. The Labute approximate surface area is 154 Å². The van der Waals surface area contributed by atoms with Crippen LogP contribution in [-0.2, 0) is 4.74 Å². The van der Waals surface area contributed by atoms with Gasteiger partial charge < -0.3 is 14.8 Å². The lowest BCUT2D eigenvalue weighted by atomic mass is 10.2. The molecule has 1 aliphatic heterocycles. The zero-order valence-electron chi connectivity index (χ0n) is 14.0. The lowest BCUT2D eigenvalue weighted by Gasteiger charge is -2.12. The van der Waals surface area contributed by atoms with E-state index in [1.165, 1.54) is 17.4 Å². The van der Waals surface area contributed by atoms with E-state index in [1.54, 1.807) is 30.3 Å². The molecule has 0 aliphatic carbocycles. The van der Waals surface area contributed by atoms with Crippen molar-refractivity contribution in [3.8, 4) is 5.75 Å². The third-order valence-corrected chi connectivity index (χ3v) is 5.38. The zero-order valence-corrected chi connectivity index (χ0v) is 14.9. The zero-order chi connectivity index (χ0) is 17.9. The first-order valence-electron chi connectivity index (χ1n) is 8.53. The van der Waals surface area contributed by atoms with E-state index < -0.39 is 0 Å². The van der Waals surface area contributed by atoms with Crippen molar-refractivity contribution in [2.24, 2.45) is 0 Å². The molecule has 1 aliphatic rings. The van der Waals surface area contributed by atoms with Gasteiger partial charge in [0.1, 0.15) is 18.2 Å². The number of rotatable bonds is 5. The summed E-state index contributed by atoms with van der Waals surface area (Å²) in [6.07, 6.45) is 2.22. The normalized spacial score (nSPS) is 16.7. The molecule has 2 heterocycles. The highest BCUT2D eigenvalue weighted by molar-refractivity contribution is 7.20. The molecular formula is C20H18FNO3S. The Balaban J connectivity index is 1.44. The Hall–Kier alpha value is -2.44. The summed E-state index contributed by atoms with van der Waals surface area (Å²) in [5.41, 5.74) is 0.637. The lowest BCUT2D eigenvalue weighted by molar-refractivity contribution is 0.0680. The second-order valence-electron chi connectivity index (χ2n) is 6.19. The highest BCUT2D eigenvalue weighted by Gasteiger charge is 2.16.